The molecular weight excluding hydrogens is 316 g/mol. The first-order chi connectivity index (χ1) is 12.3. The molecule has 1 fully saturated rings. The van der Waals surface area contributed by atoms with Crippen molar-refractivity contribution < 1.29 is 4.74 Å². The van der Waals surface area contributed by atoms with Gasteiger partial charge in [-0.05, 0) is 37.1 Å². The molecule has 0 aliphatic carbocycles. The lowest BCUT2D eigenvalue weighted by molar-refractivity contribution is 0.0995. The van der Waals surface area contributed by atoms with Crippen LogP contribution in [0.5, 0.6) is 5.75 Å². The fraction of sp³-hybridized carbons (Fsp3) is 0.368. The van der Waals surface area contributed by atoms with Crippen molar-refractivity contribution in [3.8, 4) is 5.75 Å². The van der Waals surface area contributed by atoms with E-state index in [4.69, 9.17) is 4.74 Å². The minimum Gasteiger partial charge on any atom is -0.490 e. The van der Waals surface area contributed by atoms with Gasteiger partial charge in [-0.25, -0.2) is 9.78 Å². The highest BCUT2D eigenvalue weighted by Crippen LogP contribution is 2.27. The second kappa shape index (κ2) is 7.11. The highest BCUT2D eigenvalue weighted by Gasteiger charge is 2.21. The molecule has 0 unspecified atom stereocenters. The zero-order chi connectivity index (χ0) is 17.1. The van der Waals surface area contributed by atoms with E-state index in [-0.39, 0.29) is 11.8 Å². The zero-order valence-electron chi connectivity index (χ0n) is 14.1. The van der Waals surface area contributed by atoms with Crippen LogP contribution in [0.25, 0.3) is 10.9 Å². The summed E-state index contributed by atoms with van der Waals surface area (Å²) >= 11 is 0. The van der Waals surface area contributed by atoms with Gasteiger partial charge in [-0.3, -0.25) is 4.57 Å². The Morgan fingerprint density at radius 3 is 2.88 bits per heavy atom. The van der Waals surface area contributed by atoms with Crippen molar-refractivity contribution in [3.63, 3.8) is 0 Å². The number of hydrogen-bond donors (Lipinski definition) is 1. The molecule has 1 aromatic carbocycles. The molecule has 3 aromatic rings. The van der Waals surface area contributed by atoms with Crippen molar-refractivity contribution in [2.75, 3.05) is 19.6 Å². The molecule has 1 aliphatic heterocycles. The van der Waals surface area contributed by atoms with Crippen molar-refractivity contribution >= 4 is 10.9 Å². The molecule has 0 spiro atoms. The smallest absolute Gasteiger partial charge is 0.347 e. The molecule has 6 heteroatoms. The highest BCUT2D eigenvalue weighted by atomic mass is 16.5. The summed E-state index contributed by atoms with van der Waals surface area (Å²) in [4.78, 5) is 21.0. The lowest BCUT2D eigenvalue weighted by atomic mass is 10.1. The second-order valence-electron chi connectivity index (χ2n) is 6.45. The number of aromatic nitrogens is 3. The monoisotopic (exact) mass is 338 g/mol. The first-order valence-corrected chi connectivity index (χ1v) is 8.76. The minimum atomic E-state index is -0.180. The molecule has 130 valence electrons. The number of fused-ring (bicyclic) bond motifs is 1. The maximum Gasteiger partial charge on any atom is 0.347 e. The SMILES string of the molecule is O=c1ncccn1CCN1CCC(Oc2cccc3[nH]ccc23)CC1. The quantitative estimate of drug-likeness (QED) is 0.775. The summed E-state index contributed by atoms with van der Waals surface area (Å²) in [6, 6.07) is 9.98. The van der Waals surface area contributed by atoms with Crippen LogP contribution in [0.3, 0.4) is 0 Å². The summed E-state index contributed by atoms with van der Waals surface area (Å²) in [5.74, 6) is 0.958. The first kappa shape index (κ1) is 15.9. The Kier molecular flexibility index (Phi) is 4.52. The van der Waals surface area contributed by atoms with Crippen LogP contribution in [0.15, 0.2) is 53.7 Å². The summed E-state index contributed by atoms with van der Waals surface area (Å²) < 4.78 is 7.91. The van der Waals surface area contributed by atoms with Gasteiger partial charge < -0.3 is 14.6 Å². The maximum absolute atomic E-state index is 11.6. The number of nitrogens with one attached hydrogen (secondary N) is 1. The van der Waals surface area contributed by atoms with E-state index >= 15 is 0 Å². The molecule has 3 heterocycles. The van der Waals surface area contributed by atoms with E-state index in [1.165, 1.54) is 6.20 Å². The topological polar surface area (TPSA) is 63.1 Å². The fourth-order valence-electron chi connectivity index (χ4n) is 3.40. The van der Waals surface area contributed by atoms with Gasteiger partial charge in [-0.2, -0.15) is 0 Å². The Hall–Kier alpha value is -2.60. The van der Waals surface area contributed by atoms with Gasteiger partial charge in [-0.15, -0.1) is 0 Å². The summed E-state index contributed by atoms with van der Waals surface area (Å²) in [5.41, 5.74) is 0.928. The summed E-state index contributed by atoms with van der Waals surface area (Å²) in [7, 11) is 0. The van der Waals surface area contributed by atoms with Crippen LogP contribution >= 0.6 is 0 Å². The lowest BCUT2D eigenvalue weighted by Crippen LogP contribution is -2.40. The zero-order valence-corrected chi connectivity index (χ0v) is 14.1. The third-order valence-electron chi connectivity index (χ3n) is 4.82. The van der Waals surface area contributed by atoms with Crippen molar-refractivity contribution in [2.24, 2.45) is 0 Å². The number of H-pyrrole nitrogens is 1. The van der Waals surface area contributed by atoms with Crippen molar-refractivity contribution in [1.29, 1.82) is 0 Å². The number of benzene rings is 1. The molecule has 2 aromatic heterocycles. The van der Waals surface area contributed by atoms with Crippen molar-refractivity contribution in [2.45, 2.75) is 25.5 Å². The van der Waals surface area contributed by atoms with Gasteiger partial charge in [0.05, 0.1) is 0 Å². The Bertz CT molecular complexity index is 893. The van der Waals surface area contributed by atoms with E-state index in [1.54, 1.807) is 16.8 Å². The van der Waals surface area contributed by atoms with Gasteiger partial charge in [0.1, 0.15) is 11.9 Å². The molecular formula is C19H22N4O2. The van der Waals surface area contributed by atoms with E-state index in [9.17, 15) is 4.79 Å². The predicted molar refractivity (Wildman–Crippen MR) is 96.9 cm³/mol. The molecule has 0 atom stereocenters. The van der Waals surface area contributed by atoms with E-state index in [2.05, 4.69) is 27.0 Å². The molecule has 1 N–H and O–H groups in total. The number of nitrogens with zero attached hydrogens (tertiary/aromatic N) is 3. The molecule has 1 saturated heterocycles. The van der Waals surface area contributed by atoms with Crippen molar-refractivity contribution in [1.82, 2.24) is 19.4 Å². The molecule has 4 rings (SSSR count). The van der Waals surface area contributed by atoms with Crippen LogP contribution in [0.4, 0.5) is 0 Å². The Balaban J connectivity index is 1.30. The number of piperidine rings is 1. The van der Waals surface area contributed by atoms with Crippen LogP contribution in [0.1, 0.15) is 12.8 Å². The molecule has 0 bridgehead atoms. The molecule has 1 aliphatic rings. The normalized spacial score (nSPS) is 16.3. The highest BCUT2D eigenvalue weighted by molar-refractivity contribution is 5.85. The van der Waals surface area contributed by atoms with Gasteiger partial charge in [0, 0.05) is 55.7 Å². The van der Waals surface area contributed by atoms with E-state index in [0.717, 1.165) is 49.1 Å². The van der Waals surface area contributed by atoms with Crippen LogP contribution in [0, 0.1) is 0 Å². The van der Waals surface area contributed by atoms with Crippen LogP contribution in [-0.2, 0) is 6.54 Å². The van der Waals surface area contributed by atoms with Gasteiger partial charge in [0.2, 0.25) is 0 Å². The summed E-state index contributed by atoms with van der Waals surface area (Å²) in [5, 5.41) is 1.14. The van der Waals surface area contributed by atoms with E-state index in [0.29, 0.717) is 6.54 Å². The summed E-state index contributed by atoms with van der Waals surface area (Å²) in [6.07, 6.45) is 7.53. The second-order valence-corrected chi connectivity index (χ2v) is 6.45. The lowest BCUT2D eigenvalue weighted by Gasteiger charge is -2.32. The van der Waals surface area contributed by atoms with Gasteiger partial charge >= 0.3 is 5.69 Å². The van der Waals surface area contributed by atoms with Crippen LogP contribution in [-0.4, -0.2) is 45.2 Å². The number of likely N-dealkylation sites (tertiary alicyclic amines) is 1. The van der Waals surface area contributed by atoms with Gasteiger partial charge in [0.15, 0.2) is 0 Å². The first-order valence-electron chi connectivity index (χ1n) is 8.76. The van der Waals surface area contributed by atoms with Crippen LogP contribution < -0.4 is 10.4 Å². The molecule has 0 radical (unpaired) electrons. The predicted octanol–water partition coefficient (Wildman–Crippen LogP) is 2.27. The average molecular weight is 338 g/mol. The third-order valence-corrected chi connectivity index (χ3v) is 4.82. The molecule has 0 amide bonds. The van der Waals surface area contributed by atoms with Gasteiger partial charge in [0.25, 0.3) is 0 Å². The maximum atomic E-state index is 11.6. The van der Waals surface area contributed by atoms with E-state index < -0.39 is 0 Å². The number of aromatic amines is 1. The summed E-state index contributed by atoms with van der Waals surface area (Å²) in [6.45, 7) is 3.53. The molecule has 0 saturated carbocycles. The number of ether oxygens (including phenoxy) is 1. The Morgan fingerprint density at radius 1 is 1.16 bits per heavy atom. The minimum absolute atomic E-state index is 0.180. The number of hydrogen-bond acceptors (Lipinski definition) is 4. The Labute approximate surface area is 146 Å². The fourth-order valence-corrected chi connectivity index (χ4v) is 3.40. The van der Waals surface area contributed by atoms with Gasteiger partial charge in [-0.1, -0.05) is 6.07 Å². The third kappa shape index (κ3) is 3.58. The number of rotatable bonds is 5. The average Bonchev–Trinajstić information content (AvgIpc) is 3.12. The van der Waals surface area contributed by atoms with Crippen molar-refractivity contribution in [3.05, 3.63) is 59.4 Å². The molecule has 6 nitrogen and oxygen atoms in total. The van der Waals surface area contributed by atoms with E-state index in [1.807, 2.05) is 18.3 Å². The Morgan fingerprint density at radius 2 is 2.04 bits per heavy atom. The largest absolute Gasteiger partial charge is 0.490 e. The standard InChI is InChI=1S/C19H22N4O2/c24-19-21-8-2-10-23(19)14-13-22-11-6-15(7-12-22)25-18-4-1-3-17-16(18)5-9-20-17/h1-5,8-10,15,20H,6-7,11-14H2. The molecule has 25 heavy (non-hydrogen) atoms. The van der Waals surface area contributed by atoms with Crippen LogP contribution in [0.2, 0.25) is 0 Å².